The summed E-state index contributed by atoms with van der Waals surface area (Å²) in [5, 5.41) is 8.81. The van der Waals surface area contributed by atoms with E-state index in [1.165, 1.54) is 0 Å². The predicted molar refractivity (Wildman–Crippen MR) is 70.5 cm³/mol. The summed E-state index contributed by atoms with van der Waals surface area (Å²) in [6.45, 7) is 5.24. The summed E-state index contributed by atoms with van der Waals surface area (Å²) in [7, 11) is 3.99. The van der Waals surface area contributed by atoms with Gasteiger partial charge in [0, 0.05) is 39.4 Å². The third-order valence-electron chi connectivity index (χ3n) is 2.82. The van der Waals surface area contributed by atoms with Crippen LogP contribution in [0.2, 0.25) is 0 Å². The molecule has 1 heterocycles. The summed E-state index contributed by atoms with van der Waals surface area (Å²) in [6, 6.07) is 2.37. The van der Waals surface area contributed by atoms with E-state index in [1.54, 1.807) is 6.33 Å². The second-order valence-electron chi connectivity index (χ2n) is 4.44. The van der Waals surface area contributed by atoms with E-state index in [0.29, 0.717) is 6.04 Å². The van der Waals surface area contributed by atoms with Gasteiger partial charge < -0.3 is 14.9 Å². The lowest BCUT2D eigenvalue weighted by atomic mass is 10.3. The molecule has 1 aromatic heterocycles. The van der Waals surface area contributed by atoms with Crippen LogP contribution in [-0.4, -0.2) is 48.4 Å². The Morgan fingerprint density at radius 1 is 1.24 bits per heavy atom. The van der Waals surface area contributed by atoms with Crippen LogP contribution in [0.1, 0.15) is 20.3 Å². The molecule has 0 unspecified atom stereocenters. The molecule has 1 N–H and O–H groups in total. The fourth-order valence-electron chi connectivity index (χ4n) is 1.43. The van der Waals surface area contributed by atoms with E-state index in [2.05, 4.69) is 28.7 Å². The lowest BCUT2D eigenvalue weighted by molar-refractivity contribution is 0.290. The Kier molecular flexibility index (Phi) is 5.15. The number of aromatic nitrogens is 2. The molecule has 0 aliphatic heterocycles. The van der Waals surface area contributed by atoms with Crippen molar-refractivity contribution in [2.45, 2.75) is 26.3 Å². The van der Waals surface area contributed by atoms with Crippen LogP contribution in [0, 0.1) is 0 Å². The zero-order valence-corrected chi connectivity index (χ0v) is 11.1. The van der Waals surface area contributed by atoms with Gasteiger partial charge in [-0.05, 0) is 20.3 Å². The fraction of sp³-hybridized carbons (Fsp3) is 0.667. The topological polar surface area (TPSA) is 52.5 Å². The zero-order chi connectivity index (χ0) is 12.8. The molecule has 0 bridgehead atoms. The van der Waals surface area contributed by atoms with Crippen molar-refractivity contribution in [3.05, 3.63) is 12.4 Å². The fourth-order valence-corrected chi connectivity index (χ4v) is 1.43. The molecular formula is C12H22N4O. The van der Waals surface area contributed by atoms with Crippen molar-refractivity contribution in [3.63, 3.8) is 0 Å². The maximum Gasteiger partial charge on any atom is 0.134 e. The Bertz CT molecular complexity index is 343. The number of aliphatic hydroxyl groups is 1. The molecule has 5 heteroatoms. The van der Waals surface area contributed by atoms with Gasteiger partial charge in [-0.15, -0.1) is 0 Å². The summed E-state index contributed by atoms with van der Waals surface area (Å²) in [5.41, 5.74) is 0. The first kappa shape index (κ1) is 13.7. The molecule has 0 aliphatic carbocycles. The molecule has 1 rings (SSSR count). The first-order valence-corrected chi connectivity index (χ1v) is 5.93. The van der Waals surface area contributed by atoms with Gasteiger partial charge in [0.1, 0.15) is 18.0 Å². The zero-order valence-electron chi connectivity index (χ0n) is 11.1. The molecule has 5 nitrogen and oxygen atoms in total. The molecule has 0 atom stereocenters. The van der Waals surface area contributed by atoms with Gasteiger partial charge in [0.15, 0.2) is 0 Å². The van der Waals surface area contributed by atoms with E-state index in [1.807, 2.05) is 25.1 Å². The van der Waals surface area contributed by atoms with Crippen LogP contribution < -0.4 is 9.80 Å². The average molecular weight is 238 g/mol. The minimum Gasteiger partial charge on any atom is -0.396 e. The molecule has 0 spiro atoms. The van der Waals surface area contributed by atoms with Crippen molar-refractivity contribution in [1.29, 1.82) is 0 Å². The third kappa shape index (κ3) is 3.85. The van der Waals surface area contributed by atoms with Crippen molar-refractivity contribution in [3.8, 4) is 0 Å². The molecule has 96 valence electrons. The number of hydrogen-bond donors (Lipinski definition) is 1. The number of hydrogen-bond acceptors (Lipinski definition) is 5. The predicted octanol–water partition coefficient (Wildman–Crippen LogP) is 1.14. The lowest BCUT2D eigenvalue weighted by Crippen LogP contribution is -2.27. The van der Waals surface area contributed by atoms with Gasteiger partial charge in [-0.2, -0.15) is 0 Å². The quantitative estimate of drug-likeness (QED) is 0.805. The second kappa shape index (κ2) is 6.39. The standard InChI is InChI=1S/C12H22N4O/c1-10(2)16(4)12-8-11(13-9-14-12)15(3)6-5-7-17/h8-10,17H,5-7H2,1-4H3. The van der Waals surface area contributed by atoms with Crippen LogP contribution in [0.3, 0.4) is 0 Å². The molecule has 0 aromatic carbocycles. The highest BCUT2D eigenvalue weighted by Gasteiger charge is 2.09. The largest absolute Gasteiger partial charge is 0.396 e. The molecule has 0 saturated heterocycles. The molecular weight excluding hydrogens is 216 g/mol. The normalized spacial score (nSPS) is 10.7. The van der Waals surface area contributed by atoms with Gasteiger partial charge >= 0.3 is 0 Å². The smallest absolute Gasteiger partial charge is 0.134 e. The Labute approximate surface area is 103 Å². The Hall–Kier alpha value is -1.36. The van der Waals surface area contributed by atoms with Crippen molar-refractivity contribution >= 4 is 11.6 Å². The Balaban J connectivity index is 2.78. The van der Waals surface area contributed by atoms with Gasteiger partial charge in [0.2, 0.25) is 0 Å². The van der Waals surface area contributed by atoms with Crippen LogP contribution in [-0.2, 0) is 0 Å². The van der Waals surface area contributed by atoms with E-state index in [-0.39, 0.29) is 6.61 Å². The van der Waals surface area contributed by atoms with Crippen LogP contribution in [0.5, 0.6) is 0 Å². The van der Waals surface area contributed by atoms with Crippen LogP contribution in [0.4, 0.5) is 11.6 Å². The lowest BCUT2D eigenvalue weighted by Gasteiger charge is -2.24. The maximum atomic E-state index is 8.81. The van der Waals surface area contributed by atoms with Crippen LogP contribution in [0.25, 0.3) is 0 Å². The van der Waals surface area contributed by atoms with Gasteiger partial charge in [0.25, 0.3) is 0 Å². The van der Waals surface area contributed by atoms with Gasteiger partial charge in [-0.25, -0.2) is 9.97 Å². The van der Waals surface area contributed by atoms with E-state index >= 15 is 0 Å². The summed E-state index contributed by atoms with van der Waals surface area (Å²) < 4.78 is 0. The average Bonchev–Trinajstić information content (AvgIpc) is 2.35. The Morgan fingerprint density at radius 3 is 2.47 bits per heavy atom. The number of aliphatic hydroxyl groups excluding tert-OH is 1. The monoisotopic (exact) mass is 238 g/mol. The number of rotatable bonds is 6. The molecule has 1 aromatic rings. The first-order chi connectivity index (χ1) is 8.06. The summed E-state index contributed by atoms with van der Waals surface area (Å²) in [6.07, 6.45) is 2.33. The summed E-state index contributed by atoms with van der Waals surface area (Å²) >= 11 is 0. The molecule has 0 fully saturated rings. The van der Waals surface area contributed by atoms with E-state index in [4.69, 9.17) is 5.11 Å². The number of nitrogens with zero attached hydrogens (tertiary/aromatic N) is 4. The second-order valence-corrected chi connectivity index (χ2v) is 4.44. The van der Waals surface area contributed by atoms with Crippen molar-refractivity contribution < 1.29 is 5.11 Å². The molecule has 0 saturated carbocycles. The highest BCUT2D eigenvalue weighted by Crippen LogP contribution is 2.17. The van der Waals surface area contributed by atoms with Crippen LogP contribution >= 0.6 is 0 Å². The molecule has 0 amide bonds. The minimum absolute atomic E-state index is 0.203. The van der Waals surface area contributed by atoms with Gasteiger partial charge in [0.05, 0.1) is 0 Å². The van der Waals surface area contributed by atoms with E-state index < -0.39 is 0 Å². The van der Waals surface area contributed by atoms with Crippen molar-refractivity contribution in [2.24, 2.45) is 0 Å². The van der Waals surface area contributed by atoms with Crippen LogP contribution in [0.15, 0.2) is 12.4 Å². The van der Waals surface area contributed by atoms with E-state index in [9.17, 15) is 0 Å². The van der Waals surface area contributed by atoms with Gasteiger partial charge in [-0.1, -0.05) is 0 Å². The van der Waals surface area contributed by atoms with Crippen molar-refractivity contribution in [1.82, 2.24) is 9.97 Å². The third-order valence-corrected chi connectivity index (χ3v) is 2.82. The number of anilines is 2. The summed E-state index contributed by atoms with van der Waals surface area (Å²) in [4.78, 5) is 12.6. The Morgan fingerprint density at radius 2 is 1.88 bits per heavy atom. The molecule has 0 aliphatic rings. The first-order valence-electron chi connectivity index (χ1n) is 5.93. The van der Waals surface area contributed by atoms with E-state index in [0.717, 1.165) is 24.6 Å². The SMILES string of the molecule is CC(C)N(C)c1cc(N(C)CCCO)ncn1. The van der Waals surface area contributed by atoms with Crippen molar-refractivity contribution in [2.75, 3.05) is 37.0 Å². The maximum absolute atomic E-state index is 8.81. The molecule has 17 heavy (non-hydrogen) atoms. The summed E-state index contributed by atoms with van der Waals surface area (Å²) in [5.74, 6) is 1.80. The minimum atomic E-state index is 0.203. The molecule has 0 radical (unpaired) electrons. The highest BCUT2D eigenvalue weighted by atomic mass is 16.3. The van der Waals surface area contributed by atoms with Gasteiger partial charge in [-0.3, -0.25) is 0 Å². The highest BCUT2D eigenvalue weighted by molar-refractivity contribution is 5.49.